The van der Waals surface area contributed by atoms with Crippen LogP contribution in [0.25, 0.3) is 0 Å². The van der Waals surface area contributed by atoms with E-state index in [1.807, 2.05) is 54.3 Å². The van der Waals surface area contributed by atoms with E-state index in [0.717, 1.165) is 27.9 Å². The Morgan fingerprint density at radius 3 is 2.83 bits per heavy atom. The van der Waals surface area contributed by atoms with Gasteiger partial charge in [0.25, 0.3) is 0 Å². The summed E-state index contributed by atoms with van der Waals surface area (Å²) in [6, 6.07) is 15.9. The summed E-state index contributed by atoms with van der Waals surface area (Å²) >= 11 is 2.86. The first-order valence-corrected chi connectivity index (χ1v) is 11.1. The molecule has 0 fully saturated rings. The minimum atomic E-state index is -0.254. The molecule has 2 heterocycles. The van der Waals surface area contributed by atoms with Crippen LogP contribution in [-0.2, 0) is 11.2 Å². The number of nitrogens with one attached hydrogen (secondary N) is 1. The molecule has 3 aromatic rings. The van der Waals surface area contributed by atoms with Gasteiger partial charge in [-0.1, -0.05) is 53.4 Å². The SMILES string of the molecule is COc1ccccc1Nc1nnc(SC(C)C(=O)N2c3ccccc3CC2C)s1. The molecule has 6 nitrogen and oxygen atoms in total. The third kappa shape index (κ3) is 4.09. The number of aromatic nitrogens is 2. The predicted octanol–water partition coefficient (Wildman–Crippen LogP) is 4.75. The van der Waals surface area contributed by atoms with Crippen molar-refractivity contribution in [3.8, 4) is 5.75 Å². The Bertz CT molecular complexity index is 1020. The Kier molecular flexibility index (Phi) is 5.73. The van der Waals surface area contributed by atoms with Crippen molar-refractivity contribution in [1.29, 1.82) is 0 Å². The van der Waals surface area contributed by atoms with Crippen LogP contribution < -0.4 is 15.0 Å². The number of rotatable bonds is 6. The number of carbonyl (C=O) groups excluding carboxylic acids is 1. The Morgan fingerprint density at radius 1 is 1.24 bits per heavy atom. The van der Waals surface area contributed by atoms with Crippen LogP contribution in [0.5, 0.6) is 5.75 Å². The van der Waals surface area contributed by atoms with Gasteiger partial charge >= 0.3 is 0 Å². The summed E-state index contributed by atoms with van der Waals surface area (Å²) in [6.07, 6.45) is 0.894. The quantitative estimate of drug-likeness (QED) is 0.574. The van der Waals surface area contributed by atoms with E-state index in [1.165, 1.54) is 28.7 Å². The lowest BCUT2D eigenvalue weighted by atomic mass is 10.1. The number of nitrogens with zero attached hydrogens (tertiary/aromatic N) is 3. The molecule has 1 N–H and O–H groups in total. The molecule has 0 radical (unpaired) electrons. The highest BCUT2D eigenvalue weighted by Crippen LogP contribution is 2.36. The van der Waals surface area contributed by atoms with Crippen LogP contribution in [0.4, 0.5) is 16.5 Å². The number of methoxy groups -OCH3 is 1. The van der Waals surface area contributed by atoms with Crippen LogP contribution in [0.15, 0.2) is 52.9 Å². The lowest BCUT2D eigenvalue weighted by molar-refractivity contribution is -0.118. The van der Waals surface area contributed by atoms with Gasteiger partial charge in [-0.15, -0.1) is 10.2 Å². The van der Waals surface area contributed by atoms with Gasteiger partial charge in [-0.2, -0.15) is 0 Å². The van der Waals surface area contributed by atoms with E-state index in [0.29, 0.717) is 5.13 Å². The van der Waals surface area contributed by atoms with Crippen molar-refractivity contribution in [1.82, 2.24) is 10.2 Å². The molecule has 0 saturated carbocycles. The Balaban J connectivity index is 1.44. The van der Waals surface area contributed by atoms with Crippen molar-refractivity contribution in [2.24, 2.45) is 0 Å². The van der Waals surface area contributed by atoms with Gasteiger partial charge in [-0.05, 0) is 44.0 Å². The molecule has 1 amide bonds. The molecule has 1 aliphatic rings. The number of para-hydroxylation sites is 3. The molecule has 150 valence electrons. The number of hydrogen-bond donors (Lipinski definition) is 1. The number of thioether (sulfide) groups is 1. The van der Waals surface area contributed by atoms with Gasteiger partial charge in [0.2, 0.25) is 11.0 Å². The van der Waals surface area contributed by atoms with E-state index in [2.05, 4.69) is 28.5 Å². The van der Waals surface area contributed by atoms with E-state index >= 15 is 0 Å². The molecule has 1 aliphatic heterocycles. The van der Waals surface area contributed by atoms with Gasteiger partial charge in [0.1, 0.15) is 5.75 Å². The van der Waals surface area contributed by atoms with Crippen LogP contribution in [0.2, 0.25) is 0 Å². The van der Waals surface area contributed by atoms with Crippen LogP contribution >= 0.6 is 23.1 Å². The molecule has 0 bridgehead atoms. The van der Waals surface area contributed by atoms with Gasteiger partial charge in [-0.3, -0.25) is 4.79 Å². The summed E-state index contributed by atoms with van der Waals surface area (Å²) in [5.74, 6) is 0.837. The number of carbonyl (C=O) groups is 1. The monoisotopic (exact) mass is 426 g/mol. The molecule has 2 aromatic carbocycles. The molecule has 2 unspecified atom stereocenters. The lowest BCUT2D eigenvalue weighted by Gasteiger charge is -2.25. The predicted molar refractivity (Wildman–Crippen MR) is 119 cm³/mol. The number of hydrogen-bond acceptors (Lipinski definition) is 7. The number of anilines is 3. The lowest BCUT2D eigenvalue weighted by Crippen LogP contribution is -2.40. The molecule has 4 rings (SSSR count). The molecule has 0 spiro atoms. The molecule has 8 heteroatoms. The highest BCUT2D eigenvalue weighted by Gasteiger charge is 2.33. The van der Waals surface area contributed by atoms with Crippen molar-refractivity contribution >= 4 is 45.5 Å². The first kappa shape index (κ1) is 19.7. The number of amides is 1. The first-order valence-electron chi connectivity index (χ1n) is 9.38. The van der Waals surface area contributed by atoms with Crippen molar-refractivity contribution in [3.05, 3.63) is 54.1 Å². The molecule has 29 heavy (non-hydrogen) atoms. The Morgan fingerprint density at radius 2 is 2.00 bits per heavy atom. The van der Waals surface area contributed by atoms with Gasteiger partial charge in [0.15, 0.2) is 4.34 Å². The second kappa shape index (κ2) is 8.42. The van der Waals surface area contributed by atoms with Crippen LogP contribution in [0.1, 0.15) is 19.4 Å². The van der Waals surface area contributed by atoms with Crippen molar-refractivity contribution < 1.29 is 9.53 Å². The van der Waals surface area contributed by atoms with Crippen LogP contribution in [0.3, 0.4) is 0 Å². The zero-order chi connectivity index (χ0) is 20.4. The fourth-order valence-corrected chi connectivity index (χ4v) is 5.43. The standard InChI is InChI=1S/C21H22N4O2S2/c1-13-12-15-8-4-6-10-17(15)25(13)19(26)14(2)28-21-24-23-20(29-21)22-16-9-5-7-11-18(16)27-3/h4-11,13-14H,12H2,1-3H3,(H,22,23). The maximum atomic E-state index is 13.1. The van der Waals surface area contributed by atoms with Crippen LogP contribution in [0, 0.1) is 0 Å². The fraction of sp³-hybridized carbons (Fsp3) is 0.286. The van der Waals surface area contributed by atoms with Gasteiger partial charge in [-0.25, -0.2) is 0 Å². The van der Waals surface area contributed by atoms with Crippen molar-refractivity contribution in [2.75, 3.05) is 17.3 Å². The topological polar surface area (TPSA) is 67.3 Å². The number of ether oxygens (including phenoxy) is 1. The van der Waals surface area contributed by atoms with Gasteiger partial charge in [0, 0.05) is 11.7 Å². The zero-order valence-electron chi connectivity index (χ0n) is 16.5. The number of benzene rings is 2. The summed E-state index contributed by atoms with van der Waals surface area (Å²) < 4.78 is 6.11. The Hall–Kier alpha value is -2.58. The fourth-order valence-electron chi connectivity index (χ4n) is 3.47. The molecule has 0 saturated heterocycles. The van der Waals surface area contributed by atoms with E-state index in [4.69, 9.17) is 4.74 Å². The van der Waals surface area contributed by atoms with Gasteiger partial charge in [0.05, 0.1) is 18.0 Å². The maximum Gasteiger partial charge on any atom is 0.240 e. The summed E-state index contributed by atoms with van der Waals surface area (Å²) in [4.78, 5) is 15.1. The second-order valence-electron chi connectivity index (χ2n) is 6.85. The van der Waals surface area contributed by atoms with E-state index < -0.39 is 0 Å². The molecular weight excluding hydrogens is 404 g/mol. The highest BCUT2D eigenvalue weighted by molar-refractivity contribution is 8.02. The Labute approximate surface area is 178 Å². The van der Waals surface area contributed by atoms with Crippen LogP contribution in [-0.4, -0.2) is 34.5 Å². The maximum absolute atomic E-state index is 13.1. The molecule has 0 aliphatic carbocycles. The first-order chi connectivity index (χ1) is 14.1. The normalized spacial score (nSPS) is 16.4. The third-order valence-electron chi connectivity index (χ3n) is 4.83. The highest BCUT2D eigenvalue weighted by atomic mass is 32.2. The molecular formula is C21H22N4O2S2. The van der Waals surface area contributed by atoms with Crippen molar-refractivity contribution in [2.45, 2.75) is 35.9 Å². The number of fused-ring (bicyclic) bond motifs is 1. The third-order valence-corrected chi connectivity index (χ3v) is 6.84. The molecule has 2 atom stereocenters. The van der Waals surface area contributed by atoms with E-state index in [-0.39, 0.29) is 17.2 Å². The smallest absolute Gasteiger partial charge is 0.240 e. The summed E-state index contributed by atoms with van der Waals surface area (Å²) in [5, 5.41) is 12.1. The average molecular weight is 427 g/mol. The van der Waals surface area contributed by atoms with Gasteiger partial charge < -0.3 is 15.0 Å². The summed E-state index contributed by atoms with van der Waals surface area (Å²) in [7, 11) is 1.63. The largest absolute Gasteiger partial charge is 0.495 e. The summed E-state index contributed by atoms with van der Waals surface area (Å²) in [6.45, 7) is 4.02. The van der Waals surface area contributed by atoms with Crippen molar-refractivity contribution in [3.63, 3.8) is 0 Å². The summed E-state index contributed by atoms with van der Waals surface area (Å²) in [5.41, 5.74) is 3.08. The molecule has 1 aromatic heterocycles. The zero-order valence-corrected chi connectivity index (χ0v) is 18.1. The van der Waals surface area contributed by atoms with E-state index in [9.17, 15) is 4.79 Å². The second-order valence-corrected chi connectivity index (χ2v) is 9.41. The minimum absolute atomic E-state index is 0.0990. The minimum Gasteiger partial charge on any atom is -0.495 e. The average Bonchev–Trinajstić information content (AvgIpc) is 3.30. The van der Waals surface area contributed by atoms with E-state index in [1.54, 1.807) is 7.11 Å².